The molecule has 0 spiro atoms. The summed E-state index contributed by atoms with van der Waals surface area (Å²) in [5.74, 6) is -0.700. The van der Waals surface area contributed by atoms with Crippen LogP contribution < -0.4 is 10.6 Å². The fourth-order valence-electron chi connectivity index (χ4n) is 2.50. The monoisotopic (exact) mass is 381 g/mol. The van der Waals surface area contributed by atoms with Crippen molar-refractivity contribution < 1.29 is 22.9 Å². The van der Waals surface area contributed by atoms with Crippen LogP contribution in [0.2, 0.25) is 0 Å². The molecule has 0 bridgehead atoms. The van der Waals surface area contributed by atoms with Crippen molar-refractivity contribution in [2.45, 2.75) is 33.0 Å². The molecule has 0 radical (unpaired) electrons. The summed E-state index contributed by atoms with van der Waals surface area (Å²) >= 11 is 0. The average molecular weight is 381 g/mol. The zero-order valence-corrected chi connectivity index (χ0v) is 14.8. The summed E-state index contributed by atoms with van der Waals surface area (Å²) in [6.45, 7) is 5.27. The van der Waals surface area contributed by atoms with Gasteiger partial charge in [-0.15, -0.1) is 0 Å². The Morgan fingerprint density at radius 2 is 1.74 bits per heavy atom. The normalized spacial score (nSPS) is 12.4. The third kappa shape index (κ3) is 4.96. The Morgan fingerprint density at radius 3 is 2.30 bits per heavy atom. The van der Waals surface area contributed by atoms with Crippen LogP contribution in [0.5, 0.6) is 0 Å². The lowest BCUT2D eigenvalue weighted by atomic mass is 10.1. The first kappa shape index (κ1) is 20.2. The topological polar surface area (TPSA) is 84.3 Å². The van der Waals surface area contributed by atoms with Crippen molar-refractivity contribution in [3.63, 3.8) is 0 Å². The number of aryl methyl sites for hydroxylation is 2. The smallest absolute Gasteiger partial charge is 0.374 e. The number of hydrogen-bond donors (Lipinski definition) is 2. The van der Waals surface area contributed by atoms with Gasteiger partial charge in [-0.2, -0.15) is 13.2 Å². The number of carbonyl (C=O) groups excluding carboxylic acids is 1. The Labute approximate surface area is 153 Å². The van der Waals surface area contributed by atoms with Gasteiger partial charge in [0.05, 0.1) is 16.2 Å². The highest BCUT2D eigenvalue weighted by Gasteiger charge is 2.36. The molecule has 27 heavy (non-hydrogen) atoms. The van der Waals surface area contributed by atoms with E-state index in [9.17, 15) is 28.1 Å². The predicted molar refractivity (Wildman–Crippen MR) is 95.7 cm³/mol. The molecule has 0 aromatic heterocycles. The molecule has 1 atom stereocenters. The maximum atomic E-state index is 13.2. The van der Waals surface area contributed by atoms with Gasteiger partial charge in [-0.05, 0) is 38.5 Å². The van der Waals surface area contributed by atoms with E-state index in [0.717, 1.165) is 23.3 Å². The summed E-state index contributed by atoms with van der Waals surface area (Å²) in [5, 5.41) is 15.9. The van der Waals surface area contributed by atoms with E-state index in [2.05, 4.69) is 10.6 Å². The highest BCUT2D eigenvalue weighted by atomic mass is 19.4. The second-order valence-electron chi connectivity index (χ2n) is 6.16. The highest BCUT2D eigenvalue weighted by molar-refractivity contribution is 5.97. The van der Waals surface area contributed by atoms with Crippen LogP contribution in [-0.2, 0) is 11.0 Å². The first-order valence-electron chi connectivity index (χ1n) is 7.99. The number of alkyl halides is 3. The van der Waals surface area contributed by atoms with E-state index in [1.807, 2.05) is 26.0 Å². The molecule has 0 unspecified atom stereocenters. The van der Waals surface area contributed by atoms with Crippen molar-refractivity contribution in [3.8, 4) is 0 Å². The van der Waals surface area contributed by atoms with Crippen molar-refractivity contribution in [2.24, 2.45) is 0 Å². The van der Waals surface area contributed by atoms with Crippen LogP contribution in [0.15, 0.2) is 36.4 Å². The molecule has 1 amide bonds. The fourth-order valence-corrected chi connectivity index (χ4v) is 2.50. The lowest BCUT2D eigenvalue weighted by Crippen LogP contribution is -2.32. The highest BCUT2D eigenvalue weighted by Crippen LogP contribution is 2.37. The maximum Gasteiger partial charge on any atom is 0.418 e. The molecule has 2 N–H and O–H groups in total. The molecular formula is C18H18F3N3O3. The van der Waals surface area contributed by atoms with Crippen LogP contribution in [0, 0.1) is 24.0 Å². The first-order chi connectivity index (χ1) is 12.5. The lowest BCUT2D eigenvalue weighted by Gasteiger charge is -2.19. The predicted octanol–water partition coefficient (Wildman–Crippen LogP) is 4.67. The number of carbonyl (C=O) groups is 1. The van der Waals surface area contributed by atoms with Gasteiger partial charge in [0.2, 0.25) is 5.91 Å². The zero-order chi connectivity index (χ0) is 20.4. The maximum absolute atomic E-state index is 13.2. The van der Waals surface area contributed by atoms with Gasteiger partial charge in [0.1, 0.15) is 6.04 Å². The number of anilines is 2. The third-order valence-corrected chi connectivity index (χ3v) is 3.92. The number of amides is 1. The number of non-ortho nitro benzene ring substituents is 1. The zero-order valence-electron chi connectivity index (χ0n) is 14.8. The second kappa shape index (κ2) is 7.65. The SMILES string of the molecule is Cc1ccc(N[C@@H](C)C(=O)Nc2ccc([N+](=O)[O-])cc2C(F)(F)F)c(C)c1. The minimum absolute atomic E-state index is 0.401. The largest absolute Gasteiger partial charge is 0.418 e. The molecule has 0 fully saturated rings. The number of nitro groups is 1. The van der Waals surface area contributed by atoms with Crippen molar-refractivity contribution in [1.82, 2.24) is 0 Å². The van der Waals surface area contributed by atoms with Crippen LogP contribution in [0.4, 0.5) is 30.2 Å². The Bertz CT molecular complexity index is 882. The minimum Gasteiger partial charge on any atom is -0.374 e. The molecule has 2 aromatic carbocycles. The van der Waals surface area contributed by atoms with Crippen LogP contribution in [-0.4, -0.2) is 16.9 Å². The van der Waals surface area contributed by atoms with Crippen LogP contribution >= 0.6 is 0 Å². The lowest BCUT2D eigenvalue weighted by molar-refractivity contribution is -0.385. The van der Waals surface area contributed by atoms with Gasteiger partial charge in [0, 0.05) is 17.8 Å². The van der Waals surface area contributed by atoms with E-state index in [1.165, 1.54) is 6.92 Å². The van der Waals surface area contributed by atoms with Gasteiger partial charge >= 0.3 is 6.18 Å². The van der Waals surface area contributed by atoms with Gasteiger partial charge in [0.15, 0.2) is 0 Å². The number of nitrogens with zero attached hydrogens (tertiary/aromatic N) is 1. The molecule has 9 heteroatoms. The molecule has 0 saturated carbocycles. The van der Waals surface area contributed by atoms with Crippen LogP contribution in [0.25, 0.3) is 0 Å². The average Bonchev–Trinajstić information content (AvgIpc) is 2.56. The molecule has 0 heterocycles. The molecule has 6 nitrogen and oxygen atoms in total. The Morgan fingerprint density at radius 1 is 1.11 bits per heavy atom. The minimum atomic E-state index is -4.85. The quantitative estimate of drug-likeness (QED) is 0.582. The molecular weight excluding hydrogens is 363 g/mol. The third-order valence-electron chi connectivity index (χ3n) is 3.92. The molecule has 0 saturated heterocycles. The standard InChI is InChI=1S/C18H18F3N3O3/c1-10-4-6-15(11(2)8-10)22-12(3)17(25)23-16-7-5-13(24(26)27)9-14(16)18(19,20)21/h4-9,12,22H,1-3H3,(H,23,25)/t12-/m0/s1. The summed E-state index contributed by atoms with van der Waals surface area (Å²) in [5.41, 5.74) is 0.0951. The van der Waals surface area contributed by atoms with Gasteiger partial charge in [-0.25, -0.2) is 0 Å². The van der Waals surface area contributed by atoms with Crippen molar-refractivity contribution >= 4 is 23.0 Å². The van der Waals surface area contributed by atoms with E-state index in [-0.39, 0.29) is 0 Å². The summed E-state index contributed by atoms with van der Waals surface area (Å²) in [7, 11) is 0. The summed E-state index contributed by atoms with van der Waals surface area (Å²) < 4.78 is 39.6. The Kier molecular flexibility index (Phi) is 5.72. The number of nitro benzene ring substituents is 1. The summed E-state index contributed by atoms with van der Waals surface area (Å²) in [6, 6.07) is 6.89. The molecule has 144 valence electrons. The van der Waals surface area contributed by atoms with Gasteiger partial charge in [0.25, 0.3) is 5.69 Å². The van der Waals surface area contributed by atoms with Gasteiger partial charge < -0.3 is 10.6 Å². The van der Waals surface area contributed by atoms with E-state index in [4.69, 9.17) is 0 Å². The molecule has 0 aliphatic rings. The number of benzene rings is 2. The molecule has 2 rings (SSSR count). The number of halogens is 3. The van der Waals surface area contributed by atoms with E-state index in [1.54, 1.807) is 6.07 Å². The van der Waals surface area contributed by atoms with Crippen molar-refractivity contribution in [1.29, 1.82) is 0 Å². The molecule has 2 aromatic rings. The van der Waals surface area contributed by atoms with E-state index in [0.29, 0.717) is 11.8 Å². The van der Waals surface area contributed by atoms with E-state index >= 15 is 0 Å². The summed E-state index contributed by atoms with van der Waals surface area (Å²) in [6.07, 6.45) is -4.85. The number of nitrogens with one attached hydrogen (secondary N) is 2. The number of rotatable bonds is 5. The first-order valence-corrected chi connectivity index (χ1v) is 7.99. The van der Waals surface area contributed by atoms with Crippen molar-refractivity contribution in [2.75, 3.05) is 10.6 Å². The Balaban J connectivity index is 2.22. The van der Waals surface area contributed by atoms with Gasteiger partial charge in [-0.1, -0.05) is 17.7 Å². The van der Waals surface area contributed by atoms with E-state index < -0.39 is 40.0 Å². The number of hydrogen-bond acceptors (Lipinski definition) is 4. The fraction of sp³-hybridized carbons (Fsp3) is 0.278. The van der Waals surface area contributed by atoms with Crippen LogP contribution in [0.3, 0.4) is 0 Å². The van der Waals surface area contributed by atoms with Crippen LogP contribution in [0.1, 0.15) is 23.6 Å². The summed E-state index contributed by atoms with van der Waals surface area (Å²) in [4.78, 5) is 22.1. The van der Waals surface area contributed by atoms with Crippen molar-refractivity contribution in [3.05, 3.63) is 63.2 Å². The molecule has 0 aliphatic carbocycles. The van der Waals surface area contributed by atoms with Gasteiger partial charge in [-0.3, -0.25) is 14.9 Å². The molecule has 0 aliphatic heterocycles. The Hall–Kier alpha value is -3.10. The second-order valence-corrected chi connectivity index (χ2v) is 6.16.